The van der Waals surface area contributed by atoms with E-state index in [1.165, 1.54) is 31.2 Å². The molecule has 3 heteroatoms. The fourth-order valence-electron chi connectivity index (χ4n) is 2.77. The summed E-state index contributed by atoms with van der Waals surface area (Å²) in [6.45, 7) is 4.42. The molecule has 1 aromatic carbocycles. The molecule has 102 valence electrons. The Bertz CT molecular complexity index is 444. The normalized spacial score (nSPS) is 17.1. The molecular weight excluding hydrogens is 236 g/mol. The van der Waals surface area contributed by atoms with Crippen LogP contribution in [0.15, 0.2) is 24.3 Å². The Hall–Kier alpha value is -1.53. The van der Waals surface area contributed by atoms with Crippen LogP contribution in [0.25, 0.3) is 0 Å². The zero-order chi connectivity index (χ0) is 13.6. The van der Waals surface area contributed by atoms with E-state index in [4.69, 9.17) is 10.00 Å². The van der Waals surface area contributed by atoms with Crippen molar-refractivity contribution < 1.29 is 4.74 Å². The van der Waals surface area contributed by atoms with E-state index < -0.39 is 0 Å². The topological polar surface area (TPSA) is 45.0 Å². The second-order valence-electron chi connectivity index (χ2n) is 5.72. The average molecular weight is 258 g/mol. The van der Waals surface area contributed by atoms with Crippen LogP contribution in [0.2, 0.25) is 0 Å². The van der Waals surface area contributed by atoms with Gasteiger partial charge in [0.25, 0.3) is 0 Å². The first kappa shape index (κ1) is 13.9. The summed E-state index contributed by atoms with van der Waals surface area (Å²) in [7, 11) is 0. The Balaban J connectivity index is 1.80. The lowest BCUT2D eigenvalue weighted by molar-refractivity contribution is 0.314. The molecule has 0 heterocycles. The molecule has 19 heavy (non-hydrogen) atoms. The fourth-order valence-corrected chi connectivity index (χ4v) is 2.77. The van der Waals surface area contributed by atoms with Gasteiger partial charge in [0.15, 0.2) is 6.61 Å². The molecule has 1 fully saturated rings. The van der Waals surface area contributed by atoms with Crippen molar-refractivity contribution in [2.45, 2.75) is 39.2 Å². The fraction of sp³-hybridized carbons (Fsp3) is 0.562. The van der Waals surface area contributed by atoms with Crippen molar-refractivity contribution in [3.8, 4) is 11.8 Å². The second-order valence-corrected chi connectivity index (χ2v) is 5.72. The van der Waals surface area contributed by atoms with Crippen molar-refractivity contribution in [2.24, 2.45) is 5.41 Å². The molecule has 0 aliphatic heterocycles. The molecule has 1 aliphatic carbocycles. The van der Waals surface area contributed by atoms with Crippen LogP contribution < -0.4 is 10.1 Å². The van der Waals surface area contributed by atoms with Crippen LogP contribution in [0.4, 0.5) is 0 Å². The summed E-state index contributed by atoms with van der Waals surface area (Å²) in [6.07, 6.45) is 5.42. The predicted molar refractivity (Wildman–Crippen MR) is 75.8 cm³/mol. The summed E-state index contributed by atoms with van der Waals surface area (Å²) < 4.78 is 5.31. The minimum atomic E-state index is 0.106. The Kier molecular flexibility index (Phi) is 4.81. The van der Waals surface area contributed by atoms with E-state index in [-0.39, 0.29) is 6.61 Å². The van der Waals surface area contributed by atoms with E-state index in [1.54, 1.807) is 0 Å². The molecule has 1 aromatic rings. The summed E-state index contributed by atoms with van der Waals surface area (Å²) in [5, 5.41) is 12.0. The summed E-state index contributed by atoms with van der Waals surface area (Å²) in [4.78, 5) is 0. The Labute approximate surface area is 115 Å². The van der Waals surface area contributed by atoms with Crippen molar-refractivity contribution in [3.63, 3.8) is 0 Å². The highest BCUT2D eigenvalue weighted by atomic mass is 16.5. The molecule has 1 saturated carbocycles. The molecule has 1 aliphatic rings. The average Bonchev–Trinajstić information content (AvgIpc) is 2.84. The third-order valence-electron chi connectivity index (χ3n) is 3.89. The zero-order valence-corrected chi connectivity index (χ0v) is 11.6. The Morgan fingerprint density at radius 3 is 2.89 bits per heavy atom. The van der Waals surface area contributed by atoms with E-state index >= 15 is 0 Å². The Morgan fingerprint density at radius 2 is 2.16 bits per heavy atom. The lowest BCUT2D eigenvalue weighted by atomic mass is 9.89. The number of hydrogen-bond donors (Lipinski definition) is 1. The van der Waals surface area contributed by atoms with Gasteiger partial charge in [-0.15, -0.1) is 0 Å². The maximum Gasteiger partial charge on any atom is 0.174 e. The van der Waals surface area contributed by atoms with Crippen LogP contribution >= 0.6 is 0 Å². The monoisotopic (exact) mass is 258 g/mol. The first-order valence-corrected chi connectivity index (χ1v) is 7.01. The molecule has 0 spiro atoms. The zero-order valence-electron chi connectivity index (χ0n) is 11.6. The first-order valence-electron chi connectivity index (χ1n) is 7.01. The van der Waals surface area contributed by atoms with E-state index in [0.29, 0.717) is 5.41 Å². The summed E-state index contributed by atoms with van der Waals surface area (Å²) in [5.41, 5.74) is 1.69. The number of rotatable bonds is 6. The van der Waals surface area contributed by atoms with Gasteiger partial charge in [0.2, 0.25) is 0 Å². The van der Waals surface area contributed by atoms with E-state index in [9.17, 15) is 0 Å². The number of ether oxygens (including phenoxy) is 1. The van der Waals surface area contributed by atoms with Crippen LogP contribution in [0.5, 0.6) is 5.75 Å². The number of nitrogens with zero attached hydrogens (tertiary/aromatic N) is 1. The maximum atomic E-state index is 8.50. The molecule has 0 unspecified atom stereocenters. The van der Waals surface area contributed by atoms with Crippen LogP contribution in [0, 0.1) is 16.7 Å². The lowest BCUT2D eigenvalue weighted by Gasteiger charge is -2.23. The highest BCUT2D eigenvalue weighted by molar-refractivity contribution is 5.28. The van der Waals surface area contributed by atoms with Crippen LogP contribution in [0.3, 0.4) is 0 Å². The smallest absolute Gasteiger partial charge is 0.174 e. The van der Waals surface area contributed by atoms with Crippen molar-refractivity contribution in [3.05, 3.63) is 29.8 Å². The maximum absolute atomic E-state index is 8.50. The minimum Gasteiger partial charge on any atom is -0.479 e. The molecular formula is C16H22N2O. The van der Waals surface area contributed by atoms with Gasteiger partial charge in [-0.25, -0.2) is 0 Å². The summed E-state index contributed by atoms with van der Waals surface area (Å²) in [6, 6.07) is 9.93. The first-order chi connectivity index (χ1) is 9.22. The quantitative estimate of drug-likeness (QED) is 0.851. The van der Waals surface area contributed by atoms with Crippen molar-refractivity contribution in [1.29, 1.82) is 5.26 Å². The van der Waals surface area contributed by atoms with Gasteiger partial charge in [0.05, 0.1) is 0 Å². The van der Waals surface area contributed by atoms with Gasteiger partial charge in [-0.3, -0.25) is 0 Å². The third kappa shape index (κ3) is 4.25. The van der Waals surface area contributed by atoms with Gasteiger partial charge < -0.3 is 10.1 Å². The molecule has 2 rings (SSSR count). The van der Waals surface area contributed by atoms with Crippen LogP contribution in [-0.2, 0) is 6.54 Å². The van der Waals surface area contributed by atoms with Gasteiger partial charge >= 0.3 is 0 Å². The number of nitriles is 1. The van der Waals surface area contributed by atoms with Crippen molar-refractivity contribution >= 4 is 0 Å². The van der Waals surface area contributed by atoms with Crippen LogP contribution in [0.1, 0.15) is 38.2 Å². The van der Waals surface area contributed by atoms with E-state index in [0.717, 1.165) is 18.8 Å². The lowest BCUT2D eigenvalue weighted by Crippen LogP contribution is -2.29. The van der Waals surface area contributed by atoms with Gasteiger partial charge in [-0.2, -0.15) is 5.26 Å². The van der Waals surface area contributed by atoms with Gasteiger partial charge in [-0.1, -0.05) is 31.9 Å². The van der Waals surface area contributed by atoms with Gasteiger partial charge in [-0.05, 0) is 36.0 Å². The Morgan fingerprint density at radius 1 is 1.37 bits per heavy atom. The summed E-state index contributed by atoms with van der Waals surface area (Å²) >= 11 is 0. The third-order valence-corrected chi connectivity index (χ3v) is 3.89. The number of benzene rings is 1. The summed E-state index contributed by atoms with van der Waals surface area (Å²) in [5.74, 6) is 0.771. The van der Waals surface area contributed by atoms with Gasteiger partial charge in [0, 0.05) is 13.1 Å². The highest BCUT2D eigenvalue weighted by Crippen LogP contribution is 2.36. The van der Waals surface area contributed by atoms with Crippen molar-refractivity contribution in [2.75, 3.05) is 13.2 Å². The highest BCUT2D eigenvalue weighted by Gasteiger charge is 2.27. The molecule has 3 nitrogen and oxygen atoms in total. The number of nitrogens with one attached hydrogen (secondary N) is 1. The van der Waals surface area contributed by atoms with E-state index in [2.05, 4.69) is 18.3 Å². The van der Waals surface area contributed by atoms with E-state index in [1.807, 2.05) is 24.3 Å². The second kappa shape index (κ2) is 6.58. The molecule has 0 amide bonds. The number of hydrogen-bond acceptors (Lipinski definition) is 3. The van der Waals surface area contributed by atoms with Crippen molar-refractivity contribution in [1.82, 2.24) is 5.32 Å². The molecule has 0 saturated heterocycles. The minimum absolute atomic E-state index is 0.106. The predicted octanol–water partition coefficient (Wildman–Crippen LogP) is 3.26. The van der Waals surface area contributed by atoms with Gasteiger partial charge in [0.1, 0.15) is 11.8 Å². The standard InChI is InChI=1S/C16H22N2O/c1-16(7-2-3-8-16)13-18-12-14-5-4-6-15(11-14)19-10-9-17/h4-6,11,18H,2-3,7-8,10,12-13H2,1H3. The SMILES string of the molecule is CC1(CNCc2cccc(OCC#N)c2)CCCC1. The largest absolute Gasteiger partial charge is 0.479 e. The molecule has 0 bridgehead atoms. The molecule has 0 aromatic heterocycles. The molecule has 0 radical (unpaired) electrons. The molecule has 0 atom stereocenters. The molecule has 1 N–H and O–H groups in total. The van der Waals surface area contributed by atoms with Crippen LogP contribution in [-0.4, -0.2) is 13.2 Å².